The van der Waals surface area contributed by atoms with Gasteiger partial charge < -0.3 is 0 Å². The lowest BCUT2D eigenvalue weighted by molar-refractivity contribution is 0.276. The van der Waals surface area contributed by atoms with Crippen molar-refractivity contribution in [2.45, 2.75) is 24.3 Å². The third-order valence-electron chi connectivity index (χ3n) is 1.77. The molecule has 11 heavy (non-hydrogen) atoms. The van der Waals surface area contributed by atoms with E-state index in [0.717, 1.165) is 0 Å². The van der Waals surface area contributed by atoms with Gasteiger partial charge in [0.25, 0.3) is 0 Å². The van der Waals surface area contributed by atoms with Crippen molar-refractivity contribution >= 4 is 28.0 Å². The summed E-state index contributed by atoms with van der Waals surface area (Å²) in [5, 5.41) is 0.562. The van der Waals surface area contributed by atoms with E-state index in [9.17, 15) is 4.79 Å². The smallest absolute Gasteiger partial charge is 0.246 e. The maximum Gasteiger partial charge on any atom is 0.246 e. The first-order chi connectivity index (χ1) is 5.15. The topological polar surface area (TPSA) is 17.1 Å². The van der Waals surface area contributed by atoms with Crippen LogP contribution in [0.4, 0.5) is 4.79 Å². The van der Waals surface area contributed by atoms with Crippen LogP contribution in [0.3, 0.4) is 0 Å². The fourth-order valence-corrected chi connectivity index (χ4v) is 3.89. The summed E-state index contributed by atoms with van der Waals surface area (Å²) < 4.78 is 0.205. The van der Waals surface area contributed by atoms with Gasteiger partial charge in [0.05, 0.1) is 0 Å². The quantitative estimate of drug-likeness (QED) is 0.541. The average molecular weight is 186 g/mol. The van der Waals surface area contributed by atoms with Gasteiger partial charge >= 0.3 is 0 Å². The van der Waals surface area contributed by atoms with E-state index in [1.165, 1.54) is 23.5 Å². The summed E-state index contributed by atoms with van der Waals surface area (Å²) in [5.41, 5.74) is 0. The molecule has 0 radical (unpaired) electrons. The van der Waals surface area contributed by atoms with E-state index >= 15 is 0 Å². The molecular formula is C8H10OS2. The van der Waals surface area contributed by atoms with Crippen LogP contribution in [0, 0.1) is 18.3 Å². The van der Waals surface area contributed by atoms with Gasteiger partial charge in [-0.05, 0) is 0 Å². The molecular weight excluding hydrogens is 176 g/mol. The lowest BCUT2D eigenvalue weighted by Gasteiger charge is -2.27. The number of thioether (sulfide) groups is 2. The molecule has 0 saturated carbocycles. The molecule has 1 aliphatic heterocycles. The van der Waals surface area contributed by atoms with Crippen molar-refractivity contribution in [2.24, 2.45) is 5.92 Å². The molecule has 3 heteroatoms. The molecule has 1 fully saturated rings. The van der Waals surface area contributed by atoms with Gasteiger partial charge in [-0.15, -0.1) is 12.3 Å². The second-order valence-corrected chi connectivity index (χ2v) is 5.55. The minimum absolute atomic E-state index is 0.205. The predicted molar refractivity (Wildman–Crippen MR) is 51.8 cm³/mol. The van der Waals surface area contributed by atoms with Crippen molar-refractivity contribution in [1.29, 1.82) is 0 Å². The number of hydrogen-bond acceptors (Lipinski definition) is 3. The molecule has 0 aromatic rings. The molecule has 0 spiro atoms. The van der Waals surface area contributed by atoms with Crippen LogP contribution < -0.4 is 0 Å². The Morgan fingerprint density at radius 2 is 1.82 bits per heavy atom. The highest BCUT2D eigenvalue weighted by Crippen LogP contribution is 2.39. The van der Waals surface area contributed by atoms with E-state index in [4.69, 9.17) is 6.42 Å². The second-order valence-electron chi connectivity index (χ2n) is 2.59. The lowest BCUT2D eigenvalue weighted by Crippen LogP contribution is -2.27. The molecule has 0 aromatic heterocycles. The van der Waals surface area contributed by atoms with Crippen LogP contribution in [0.25, 0.3) is 0 Å². The molecule has 0 amide bonds. The first-order valence-corrected chi connectivity index (χ1v) is 5.24. The van der Waals surface area contributed by atoms with Gasteiger partial charge in [-0.3, -0.25) is 4.79 Å². The van der Waals surface area contributed by atoms with E-state index in [-0.39, 0.29) is 20.9 Å². The van der Waals surface area contributed by atoms with Gasteiger partial charge in [-0.2, -0.15) is 0 Å². The summed E-state index contributed by atoms with van der Waals surface area (Å²) in [6.07, 6.45) is 5.34. The van der Waals surface area contributed by atoms with Crippen LogP contribution in [0.15, 0.2) is 0 Å². The first kappa shape index (κ1) is 9.02. The van der Waals surface area contributed by atoms with Crippen molar-refractivity contribution in [3.05, 3.63) is 0 Å². The first-order valence-electron chi connectivity index (χ1n) is 3.48. The Bertz CT molecular complexity index is 193. The molecule has 1 saturated heterocycles. The molecule has 2 unspecified atom stereocenters. The van der Waals surface area contributed by atoms with Crippen LogP contribution in [-0.2, 0) is 0 Å². The van der Waals surface area contributed by atoms with Gasteiger partial charge in [0.15, 0.2) is 0 Å². The molecule has 2 atom stereocenters. The fraction of sp³-hybridized carbons (Fsp3) is 0.625. The lowest BCUT2D eigenvalue weighted by atomic mass is 10.0. The highest BCUT2D eigenvalue weighted by molar-refractivity contribution is 8.39. The third kappa shape index (κ3) is 1.94. The maximum absolute atomic E-state index is 11.0. The van der Waals surface area contributed by atoms with Crippen LogP contribution in [0.2, 0.25) is 0 Å². The van der Waals surface area contributed by atoms with Gasteiger partial charge in [-0.1, -0.05) is 37.4 Å². The van der Waals surface area contributed by atoms with Crippen molar-refractivity contribution < 1.29 is 4.79 Å². The Balaban J connectivity index is 2.68. The zero-order valence-electron chi connectivity index (χ0n) is 6.53. The van der Waals surface area contributed by atoms with E-state index in [2.05, 4.69) is 5.92 Å². The van der Waals surface area contributed by atoms with Crippen LogP contribution in [0.1, 0.15) is 13.8 Å². The van der Waals surface area contributed by atoms with E-state index in [1.54, 1.807) is 0 Å². The van der Waals surface area contributed by atoms with E-state index in [1.807, 2.05) is 13.8 Å². The highest BCUT2D eigenvalue weighted by atomic mass is 32.2. The minimum Gasteiger partial charge on any atom is -0.274 e. The Morgan fingerprint density at radius 3 is 2.18 bits per heavy atom. The summed E-state index contributed by atoms with van der Waals surface area (Å²) in [7, 11) is 0. The Kier molecular flexibility index (Phi) is 2.91. The Hall–Kier alpha value is -0.0700. The van der Waals surface area contributed by atoms with Gasteiger partial charge in [0.2, 0.25) is 4.45 Å². The SMILES string of the molecule is C#CC1C(C)SC(=O)SC1C. The van der Waals surface area contributed by atoms with Crippen molar-refractivity contribution in [3.63, 3.8) is 0 Å². The van der Waals surface area contributed by atoms with Crippen molar-refractivity contribution in [1.82, 2.24) is 0 Å². The number of terminal acetylenes is 1. The van der Waals surface area contributed by atoms with Crippen LogP contribution >= 0.6 is 23.5 Å². The molecule has 1 nitrogen and oxygen atoms in total. The summed E-state index contributed by atoms with van der Waals surface area (Å²) >= 11 is 2.72. The van der Waals surface area contributed by atoms with Gasteiger partial charge in [0, 0.05) is 16.4 Å². The largest absolute Gasteiger partial charge is 0.274 e. The molecule has 0 bridgehead atoms. The van der Waals surface area contributed by atoms with Crippen LogP contribution in [0.5, 0.6) is 0 Å². The van der Waals surface area contributed by atoms with Crippen molar-refractivity contribution in [3.8, 4) is 12.3 Å². The minimum atomic E-state index is 0.205. The number of carbonyl (C=O) groups excluding carboxylic acids is 1. The Labute approximate surface area is 75.7 Å². The van der Waals surface area contributed by atoms with Crippen molar-refractivity contribution in [2.75, 3.05) is 0 Å². The van der Waals surface area contributed by atoms with Crippen LogP contribution in [-0.4, -0.2) is 14.9 Å². The van der Waals surface area contributed by atoms with Gasteiger partial charge in [-0.25, -0.2) is 0 Å². The second kappa shape index (κ2) is 3.55. The molecule has 0 aliphatic carbocycles. The molecule has 0 N–H and O–H groups in total. The zero-order valence-corrected chi connectivity index (χ0v) is 8.17. The normalized spacial score (nSPS) is 38.3. The number of rotatable bonds is 0. The summed E-state index contributed by atoms with van der Waals surface area (Å²) in [4.78, 5) is 11.0. The fourth-order valence-electron chi connectivity index (χ4n) is 1.13. The number of hydrogen-bond donors (Lipinski definition) is 0. The zero-order chi connectivity index (χ0) is 8.43. The summed E-state index contributed by atoms with van der Waals surface area (Å²) in [5.74, 6) is 2.97. The molecule has 1 aliphatic rings. The predicted octanol–water partition coefficient (Wildman–Crippen LogP) is 2.61. The summed E-state index contributed by atoms with van der Waals surface area (Å²) in [6, 6.07) is 0. The Morgan fingerprint density at radius 1 is 1.36 bits per heavy atom. The maximum atomic E-state index is 11.0. The molecule has 60 valence electrons. The molecule has 0 aromatic carbocycles. The third-order valence-corrected chi connectivity index (χ3v) is 4.06. The van der Waals surface area contributed by atoms with Gasteiger partial charge in [0.1, 0.15) is 0 Å². The van der Waals surface area contributed by atoms with E-state index < -0.39 is 0 Å². The molecule has 1 heterocycles. The molecule has 1 rings (SSSR count). The summed E-state index contributed by atoms with van der Waals surface area (Å²) in [6.45, 7) is 4.03. The monoisotopic (exact) mass is 186 g/mol. The standard InChI is InChI=1S/C8H10OS2/c1-4-7-5(2)10-8(9)11-6(7)3/h1,5-7H,2-3H3. The highest BCUT2D eigenvalue weighted by Gasteiger charge is 2.31. The van der Waals surface area contributed by atoms with E-state index in [0.29, 0.717) is 0 Å². The number of carbonyl (C=O) groups is 1. The average Bonchev–Trinajstić information content (AvgIpc) is 1.85.